The summed E-state index contributed by atoms with van der Waals surface area (Å²) in [6.07, 6.45) is 1.62. The maximum Gasteiger partial charge on any atom is 0.358 e. The maximum atomic E-state index is 11.5. The lowest BCUT2D eigenvalue weighted by Crippen LogP contribution is -2.03. The van der Waals surface area contributed by atoms with Gasteiger partial charge in [0.1, 0.15) is 11.4 Å². The number of fused-ring (bicyclic) bond motifs is 1. The van der Waals surface area contributed by atoms with Crippen molar-refractivity contribution in [1.29, 1.82) is 0 Å². The van der Waals surface area contributed by atoms with Crippen LogP contribution in [0, 0.1) is 0 Å². The monoisotopic (exact) mass is 366 g/mol. The van der Waals surface area contributed by atoms with Crippen LogP contribution in [0.4, 0.5) is 0 Å². The van der Waals surface area contributed by atoms with E-state index in [2.05, 4.69) is 20.9 Å². The number of halogens is 2. The summed E-state index contributed by atoms with van der Waals surface area (Å²) >= 11 is 9.19. The topological polar surface area (TPSA) is 63.8 Å². The number of carboxylic acid groups (broad SMARTS) is 1. The second kappa shape index (κ2) is 5.38. The number of aromatic carboxylic acids is 1. The number of benzene rings is 1. The summed E-state index contributed by atoms with van der Waals surface area (Å²) in [7, 11) is 0. The van der Waals surface area contributed by atoms with Crippen LogP contribution in [-0.4, -0.2) is 20.5 Å². The molecule has 0 aliphatic rings. The van der Waals surface area contributed by atoms with E-state index in [4.69, 9.17) is 16.3 Å². The van der Waals surface area contributed by atoms with Crippen LogP contribution in [0.5, 0.6) is 11.6 Å². The average molecular weight is 368 g/mol. The molecule has 3 rings (SSSR count). The molecule has 21 heavy (non-hydrogen) atoms. The number of imidazole rings is 1. The van der Waals surface area contributed by atoms with Gasteiger partial charge in [-0.05, 0) is 46.3 Å². The zero-order valence-electron chi connectivity index (χ0n) is 10.5. The van der Waals surface area contributed by atoms with Crippen LogP contribution in [0.15, 0.2) is 47.1 Å². The first kappa shape index (κ1) is 13.9. The van der Waals surface area contributed by atoms with E-state index in [0.717, 1.165) is 0 Å². The van der Waals surface area contributed by atoms with Crippen LogP contribution in [0.3, 0.4) is 0 Å². The molecule has 7 heteroatoms. The Morgan fingerprint density at radius 1 is 1.33 bits per heavy atom. The summed E-state index contributed by atoms with van der Waals surface area (Å²) < 4.78 is 7.70. The van der Waals surface area contributed by atoms with Crippen molar-refractivity contribution in [2.45, 2.75) is 0 Å². The smallest absolute Gasteiger partial charge is 0.358 e. The number of carbonyl (C=O) groups is 1. The van der Waals surface area contributed by atoms with Crippen molar-refractivity contribution in [2.75, 3.05) is 0 Å². The molecule has 1 N–H and O–H groups in total. The molecule has 5 nitrogen and oxygen atoms in total. The molecule has 0 radical (unpaired) electrons. The van der Waals surface area contributed by atoms with E-state index in [1.54, 1.807) is 42.6 Å². The van der Waals surface area contributed by atoms with E-state index in [9.17, 15) is 9.90 Å². The van der Waals surface area contributed by atoms with Crippen molar-refractivity contribution in [3.8, 4) is 11.6 Å². The number of nitrogens with zero attached hydrogens (tertiary/aromatic N) is 2. The van der Waals surface area contributed by atoms with Gasteiger partial charge in [0, 0.05) is 11.2 Å². The highest BCUT2D eigenvalue weighted by atomic mass is 79.9. The third kappa shape index (κ3) is 2.59. The summed E-state index contributed by atoms with van der Waals surface area (Å²) in [5.74, 6) is -0.657. The van der Waals surface area contributed by atoms with Gasteiger partial charge in [-0.3, -0.25) is 4.40 Å². The molecule has 0 saturated heterocycles. The zero-order valence-corrected chi connectivity index (χ0v) is 12.8. The van der Waals surface area contributed by atoms with Crippen LogP contribution >= 0.6 is 27.5 Å². The van der Waals surface area contributed by atoms with Gasteiger partial charge in [-0.1, -0.05) is 17.7 Å². The van der Waals surface area contributed by atoms with Crippen LogP contribution in [0.25, 0.3) is 5.65 Å². The molecule has 0 aliphatic heterocycles. The molecular weight excluding hydrogens is 360 g/mol. The van der Waals surface area contributed by atoms with Gasteiger partial charge < -0.3 is 9.84 Å². The lowest BCUT2D eigenvalue weighted by atomic mass is 10.3. The molecule has 0 aliphatic carbocycles. The van der Waals surface area contributed by atoms with Crippen LogP contribution in [0.2, 0.25) is 5.02 Å². The van der Waals surface area contributed by atoms with Gasteiger partial charge in [-0.15, -0.1) is 0 Å². The molecule has 2 aromatic heterocycles. The molecular formula is C14H8BrClN2O3. The predicted molar refractivity (Wildman–Crippen MR) is 81.4 cm³/mol. The molecule has 106 valence electrons. The molecule has 0 saturated carbocycles. The van der Waals surface area contributed by atoms with Crippen LogP contribution in [-0.2, 0) is 0 Å². The minimum Gasteiger partial charge on any atom is -0.476 e. The number of rotatable bonds is 3. The Morgan fingerprint density at radius 3 is 2.86 bits per heavy atom. The molecule has 0 unspecified atom stereocenters. The first-order valence-electron chi connectivity index (χ1n) is 5.89. The Kier molecular flexibility index (Phi) is 3.57. The standard InChI is InChI=1S/C14H8BrClN2O3/c15-9-7-8(16)4-5-10(9)21-13-12(14(19)20)18-6-2-1-3-11(18)17-13/h1-7H,(H,19,20). The Balaban J connectivity index is 2.12. The lowest BCUT2D eigenvalue weighted by Gasteiger charge is -2.06. The largest absolute Gasteiger partial charge is 0.476 e. The minimum atomic E-state index is -1.12. The quantitative estimate of drug-likeness (QED) is 0.752. The Morgan fingerprint density at radius 2 is 2.14 bits per heavy atom. The molecule has 3 aromatic rings. The summed E-state index contributed by atoms with van der Waals surface area (Å²) in [5, 5.41) is 9.91. The number of pyridine rings is 1. The van der Waals surface area contributed by atoms with Crippen molar-refractivity contribution in [3.63, 3.8) is 0 Å². The van der Waals surface area contributed by atoms with Crippen molar-refractivity contribution in [2.24, 2.45) is 0 Å². The van der Waals surface area contributed by atoms with E-state index < -0.39 is 5.97 Å². The molecule has 0 bridgehead atoms. The Hall–Kier alpha value is -2.05. The normalized spacial score (nSPS) is 10.8. The van der Waals surface area contributed by atoms with Crippen LogP contribution in [0.1, 0.15) is 10.5 Å². The second-order valence-electron chi connectivity index (χ2n) is 4.18. The van der Waals surface area contributed by atoms with E-state index in [1.165, 1.54) is 4.40 Å². The van der Waals surface area contributed by atoms with Crippen molar-refractivity contribution < 1.29 is 14.6 Å². The van der Waals surface area contributed by atoms with Gasteiger partial charge in [0.15, 0.2) is 5.69 Å². The predicted octanol–water partition coefficient (Wildman–Crippen LogP) is 4.24. The third-order valence-corrected chi connectivity index (χ3v) is 3.66. The molecule has 0 spiro atoms. The third-order valence-electron chi connectivity index (χ3n) is 2.80. The number of carboxylic acids is 1. The van der Waals surface area contributed by atoms with Gasteiger partial charge in [0.25, 0.3) is 5.88 Å². The summed E-state index contributed by atoms with van der Waals surface area (Å²) in [5.41, 5.74) is 0.461. The Bertz CT molecular complexity index is 847. The SMILES string of the molecule is O=C(O)c1c(Oc2ccc(Cl)cc2Br)nc2ccccn12. The Labute approximate surface area is 132 Å². The highest BCUT2D eigenvalue weighted by Crippen LogP contribution is 2.33. The van der Waals surface area contributed by atoms with Gasteiger partial charge >= 0.3 is 5.97 Å². The lowest BCUT2D eigenvalue weighted by molar-refractivity contribution is 0.0686. The highest BCUT2D eigenvalue weighted by Gasteiger charge is 2.21. The summed E-state index contributed by atoms with van der Waals surface area (Å²) in [4.78, 5) is 15.7. The molecule has 2 heterocycles. The van der Waals surface area contributed by atoms with Crippen molar-refractivity contribution in [1.82, 2.24) is 9.38 Å². The number of aromatic nitrogens is 2. The first-order chi connectivity index (χ1) is 10.1. The number of hydrogen-bond donors (Lipinski definition) is 1. The first-order valence-corrected chi connectivity index (χ1v) is 7.06. The van der Waals surface area contributed by atoms with E-state index in [0.29, 0.717) is 20.9 Å². The van der Waals surface area contributed by atoms with Gasteiger partial charge in [0.2, 0.25) is 0 Å². The minimum absolute atomic E-state index is 0.0247. The van der Waals surface area contributed by atoms with E-state index >= 15 is 0 Å². The fourth-order valence-corrected chi connectivity index (χ4v) is 2.67. The van der Waals surface area contributed by atoms with Crippen LogP contribution < -0.4 is 4.74 Å². The van der Waals surface area contributed by atoms with Crippen molar-refractivity contribution in [3.05, 3.63) is 57.8 Å². The number of hydrogen-bond acceptors (Lipinski definition) is 3. The maximum absolute atomic E-state index is 11.5. The van der Waals surface area contributed by atoms with E-state index in [1.807, 2.05) is 0 Å². The number of ether oxygens (including phenoxy) is 1. The molecule has 0 atom stereocenters. The van der Waals surface area contributed by atoms with Crippen molar-refractivity contribution >= 4 is 39.1 Å². The van der Waals surface area contributed by atoms with E-state index in [-0.39, 0.29) is 11.6 Å². The van der Waals surface area contributed by atoms with Gasteiger partial charge in [-0.2, -0.15) is 4.98 Å². The summed E-state index contributed by atoms with van der Waals surface area (Å²) in [6.45, 7) is 0. The molecule has 0 fully saturated rings. The fourth-order valence-electron chi connectivity index (χ4n) is 1.90. The fraction of sp³-hybridized carbons (Fsp3) is 0. The summed E-state index contributed by atoms with van der Waals surface area (Å²) in [6, 6.07) is 10.2. The average Bonchev–Trinajstić information content (AvgIpc) is 2.80. The van der Waals surface area contributed by atoms with Gasteiger partial charge in [0.05, 0.1) is 4.47 Å². The second-order valence-corrected chi connectivity index (χ2v) is 5.47. The molecule has 0 amide bonds. The highest BCUT2D eigenvalue weighted by molar-refractivity contribution is 9.10. The zero-order chi connectivity index (χ0) is 15.0. The van der Waals surface area contributed by atoms with Gasteiger partial charge in [-0.25, -0.2) is 4.79 Å². The molecule has 1 aromatic carbocycles.